The molecule has 5 nitrogen and oxygen atoms in total. The summed E-state index contributed by atoms with van der Waals surface area (Å²) in [4.78, 5) is 15.5. The first-order valence-corrected chi connectivity index (χ1v) is 6.83. The number of hydrogen-bond acceptors (Lipinski definition) is 4. The van der Waals surface area contributed by atoms with Gasteiger partial charge in [0.2, 0.25) is 0 Å². The lowest BCUT2D eigenvalue weighted by Gasteiger charge is -2.36. The molecule has 0 saturated carbocycles. The Labute approximate surface area is 119 Å². The highest BCUT2D eigenvalue weighted by atomic mass is 16.6. The van der Waals surface area contributed by atoms with E-state index in [0.29, 0.717) is 25.3 Å². The number of para-hydroxylation sites is 1. The Kier molecular flexibility index (Phi) is 4.46. The van der Waals surface area contributed by atoms with Gasteiger partial charge in [0.1, 0.15) is 6.07 Å². The lowest BCUT2D eigenvalue weighted by atomic mass is 10.1. The van der Waals surface area contributed by atoms with Crippen molar-refractivity contribution in [1.29, 1.82) is 5.26 Å². The van der Waals surface area contributed by atoms with Gasteiger partial charge in [-0.1, -0.05) is 12.1 Å². The smallest absolute Gasteiger partial charge is 0.409 e. The van der Waals surface area contributed by atoms with E-state index < -0.39 is 0 Å². The Morgan fingerprint density at radius 1 is 1.35 bits per heavy atom. The number of benzene rings is 1. The Hall–Kier alpha value is -2.22. The third-order valence-corrected chi connectivity index (χ3v) is 3.48. The fourth-order valence-corrected chi connectivity index (χ4v) is 2.50. The van der Waals surface area contributed by atoms with Gasteiger partial charge in [0.05, 0.1) is 17.9 Å². The second-order valence-corrected chi connectivity index (χ2v) is 4.76. The molecule has 0 radical (unpaired) electrons. The Bertz CT molecular complexity index is 528. The van der Waals surface area contributed by atoms with Gasteiger partial charge in [-0.2, -0.15) is 5.26 Å². The van der Waals surface area contributed by atoms with E-state index in [1.165, 1.54) is 0 Å². The van der Waals surface area contributed by atoms with Crippen LogP contribution >= 0.6 is 0 Å². The quantitative estimate of drug-likeness (QED) is 0.828. The van der Waals surface area contributed by atoms with E-state index in [1.54, 1.807) is 11.8 Å². The fraction of sp³-hybridized carbons (Fsp3) is 0.467. The van der Waals surface area contributed by atoms with Gasteiger partial charge >= 0.3 is 6.09 Å². The summed E-state index contributed by atoms with van der Waals surface area (Å²) in [6.07, 6.45) is -0.252. The van der Waals surface area contributed by atoms with Crippen LogP contribution in [0.4, 0.5) is 10.5 Å². The molecular formula is C15H19N3O2. The third-order valence-electron chi connectivity index (χ3n) is 3.48. The number of nitrogens with zero attached hydrogens (tertiary/aromatic N) is 3. The van der Waals surface area contributed by atoms with E-state index in [0.717, 1.165) is 24.3 Å². The molecule has 0 atom stereocenters. The second kappa shape index (κ2) is 6.29. The number of anilines is 1. The second-order valence-electron chi connectivity index (χ2n) is 4.76. The van der Waals surface area contributed by atoms with Gasteiger partial charge in [0, 0.05) is 26.2 Å². The van der Waals surface area contributed by atoms with Gasteiger partial charge < -0.3 is 14.5 Å². The minimum atomic E-state index is -0.252. The summed E-state index contributed by atoms with van der Waals surface area (Å²) < 4.78 is 5.01. The molecule has 2 rings (SSSR count). The Morgan fingerprint density at radius 2 is 2.05 bits per heavy atom. The molecule has 0 aliphatic carbocycles. The summed E-state index contributed by atoms with van der Waals surface area (Å²) in [5, 5.41) is 9.22. The zero-order chi connectivity index (χ0) is 14.5. The van der Waals surface area contributed by atoms with Gasteiger partial charge in [-0.3, -0.25) is 0 Å². The fourth-order valence-electron chi connectivity index (χ4n) is 2.50. The monoisotopic (exact) mass is 273 g/mol. The number of piperazine rings is 1. The van der Waals surface area contributed by atoms with Crippen LogP contribution in [0.25, 0.3) is 0 Å². The Balaban J connectivity index is 2.08. The first kappa shape index (κ1) is 14.2. The molecule has 0 spiro atoms. The molecule has 0 unspecified atom stereocenters. The number of amides is 1. The molecule has 5 heteroatoms. The lowest BCUT2D eigenvalue weighted by Crippen LogP contribution is -2.49. The normalized spacial score (nSPS) is 14.8. The van der Waals surface area contributed by atoms with Crippen LogP contribution in [0.1, 0.15) is 18.1 Å². The average Bonchev–Trinajstić information content (AvgIpc) is 2.47. The van der Waals surface area contributed by atoms with Crippen LogP contribution in [-0.2, 0) is 4.74 Å². The van der Waals surface area contributed by atoms with Crippen LogP contribution in [0.3, 0.4) is 0 Å². The van der Waals surface area contributed by atoms with Crippen LogP contribution in [-0.4, -0.2) is 43.8 Å². The summed E-state index contributed by atoms with van der Waals surface area (Å²) in [7, 11) is 0. The SMILES string of the molecule is CCOC(=O)N1CCN(c2c(C)cccc2C#N)CC1. The van der Waals surface area contributed by atoms with Gasteiger partial charge in [-0.25, -0.2) is 4.79 Å². The molecule has 1 saturated heterocycles. The van der Waals surface area contributed by atoms with E-state index in [1.807, 2.05) is 25.1 Å². The number of carbonyl (C=O) groups excluding carboxylic acids is 1. The number of hydrogen-bond donors (Lipinski definition) is 0. The number of ether oxygens (including phenoxy) is 1. The zero-order valence-corrected chi connectivity index (χ0v) is 11.9. The van der Waals surface area contributed by atoms with E-state index >= 15 is 0 Å². The largest absolute Gasteiger partial charge is 0.450 e. The standard InChI is InChI=1S/C15H19N3O2/c1-3-20-15(19)18-9-7-17(8-10-18)14-12(2)5-4-6-13(14)11-16/h4-6H,3,7-10H2,1-2H3. The van der Waals surface area contributed by atoms with E-state index in [9.17, 15) is 10.1 Å². The van der Waals surface area contributed by atoms with Gasteiger partial charge in [-0.05, 0) is 25.5 Å². The summed E-state index contributed by atoms with van der Waals surface area (Å²) in [6, 6.07) is 7.98. The lowest BCUT2D eigenvalue weighted by molar-refractivity contribution is 0.105. The molecule has 1 aromatic carbocycles. The molecule has 1 amide bonds. The number of carbonyl (C=O) groups is 1. The number of rotatable bonds is 2. The zero-order valence-electron chi connectivity index (χ0n) is 11.9. The van der Waals surface area contributed by atoms with Crippen molar-refractivity contribution < 1.29 is 9.53 Å². The number of nitriles is 1. The summed E-state index contributed by atoms with van der Waals surface area (Å²) in [6.45, 7) is 6.90. The van der Waals surface area contributed by atoms with E-state index in [2.05, 4.69) is 11.0 Å². The predicted octanol–water partition coefficient (Wildman–Crippen LogP) is 2.15. The summed E-state index contributed by atoms with van der Waals surface area (Å²) >= 11 is 0. The molecule has 1 aliphatic heterocycles. The third kappa shape index (κ3) is 2.85. The van der Waals surface area contributed by atoms with Crippen LogP contribution in [0.2, 0.25) is 0 Å². The van der Waals surface area contributed by atoms with Crippen molar-refractivity contribution in [3.63, 3.8) is 0 Å². The molecule has 0 bridgehead atoms. The van der Waals surface area contributed by atoms with Crippen LogP contribution < -0.4 is 4.90 Å². The Morgan fingerprint density at radius 3 is 2.65 bits per heavy atom. The van der Waals surface area contributed by atoms with Crippen molar-refractivity contribution in [3.8, 4) is 6.07 Å². The van der Waals surface area contributed by atoms with E-state index in [4.69, 9.17) is 4.74 Å². The molecular weight excluding hydrogens is 254 g/mol. The maximum Gasteiger partial charge on any atom is 0.409 e. The molecule has 1 aromatic rings. The molecule has 0 aromatic heterocycles. The van der Waals surface area contributed by atoms with Crippen LogP contribution in [0, 0.1) is 18.3 Å². The highest BCUT2D eigenvalue weighted by Crippen LogP contribution is 2.25. The molecule has 106 valence electrons. The maximum absolute atomic E-state index is 11.7. The van der Waals surface area contributed by atoms with Crippen molar-refractivity contribution in [2.75, 3.05) is 37.7 Å². The van der Waals surface area contributed by atoms with Crippen molar-refractivity contribution in [3.05, 3.63) is 29.3 Å². The maximum atomic E-state index is 11.7. The highest BCUT2D eigenvalue weighted by molar-refractivity contribution is 5.69. The van der Waals surface area contributed by atoms with Gasteiger partial charge in [-0.15, -0.1) is 0 Å². The molecule has 1 aliphatic rings. The molecule has 20 heavy (non-hydrogen) atoms. The van der Waals surface area contributed by atoms with Gasteiger partial charge in [0.25, 0.3) is 0 Å². The van der Waals surface area contributed by atoms with Crippen molar-refractivity contribution >= 4 is 11.8 Å². The minimum absolute atomic E-state index is 0.252. The molecule has 0 N–H and O–H groups in total. The van der Waals surface area contributed by atoms with Gasteiger partial charge in [0.15, 0.2) is 0 Å². The van der Waals surface area contributed by atoms with Crippen LogP contribution in [0.5, 0.6) is 0 Å². The van der Waals surface area contributed by atoms with Crippen molar-refractivity contribution in [2.45, 2.75) is 13.8 Å². The first-order chi connectivity index (χ1) is 9.67. The summed E-state index contributed by atoms with van der Waals surface area (Å²) in [5.41, 5.74) is 2.77. The highest BCUT2D eigenvalue weighted by Gasteiger charge is 2.24. The minimum Gasteiger partial charge on any atom is -0.450 e. The van der Waals surface area contributed by atoms with Crippen molar-refractivity contribution in [2.24, 2.45) is 0 Å². The summed E-state index contributed by atoms with van der Waals surface area (Å²) in [5.74, 6) is 0. The predicted molar refractivity (Wildman–Crippen MR) is 76.7 cm³/mol. The first-order valence-electron chi connectivity index (χ1n) is 6.83. The molecule has 1 heterocycles. The molecule has 1 fully saturated rings. The topological polar surface area (TPSA) is 56.6 Å². The van der Waals surface area contributed by atoms with Crippen LogP contribution in [0.15, 0.2) is 18.2 Å². The van der Waals surface area contributed by atoms with Crippen molar-refractivity contribution in [1.82, 2.24) is 4.90 Å². The number of aryl methyl sites for hydroxylation is 1. The average molecular weight is 273 g/mol. The van der Waals surface area contributed by atoms with E-state index in [-0.39, 0.29) is 6.09 Å².